The first-order chi connectivity index (χ1) is 70.8. The fourth-order valence-corrected chi connectivity index (χ4v) is 25.4. The summed E-state index contributed by atoms with van der Waals surface area (Å²) in [5, 5.41) is 20.4. The zero-order chi connectivity index (χ0) is 105. The van der Waals surface area contributed by atoms with Crippen molar-refractivity contribution in [1.29, 1.82) is 0 Å². The highest BCUT2D eigenvalue weighted by molar-refractivity contribution is 7.28. The van der Waals surface area contributed by atoms with Crippen molar-refractivity contribution < 1.29 is 47.5 Å². The van der Waals surface area contributed by atoms with Gasteiger partial charge in [0.25, 0.3) is 0 Å². The molecule has 12 aromatic heterocycles. The molecule has 0 bridgehead atoms. The van der Waals surface area contributed by atoms with E-state index in [1.807, 2.05) is 142 Å². The molecule has 636 valence electrons. The van der Waals surface area contributed by atoms with Crippen LogP contribution in [0, 0.1) is 75.7 Å². The molecule has 0 aliphatic carbocycles. The fourth-order valence-electron chi connectivity index (χ4n) is 19.4. The Morgan fingerprint density at radius 1 is 0.237 bits per heavy atom. The van der Waals surface area contributed by atoms with E-state index in [1.165, 1.54) is 110 Å². The van der Waals surface area contributed by atoms with Gasteiger partial charge in [0.15, 0.2) is 31.0 Å². The van der Waals surface area contributed by atoms with Gasteiger partial charge in [0.1, 0.15) is 44.6 Å². The maximum atomic E-state index is 8.23. The molecule has 0 atom stereocenters. The maximum absolute atomic E-state index is 8.23. The van der Waals surface area contributed by atoms with Crippen LogP contribution < -0.4 is 22.8 Å². The number of aromatic nitrogens is 7. The van der Waals surface area contributed by atoms with Gasteiger partial charge in [0.05, 0.1) is 43.0 Å². The molecule has 25 rings (SSSR count). The fraction of sp³-hybridized carbons (Fsp3) is 0.134. The molecule has 0 amide bonds. The van der Waals surface area contributed by atoms with E-state index >= 15 is 0 Å². The predicted octanol–water partition coefficient (Wildman–Crippen LogP) is 30.7. The maximum Gasteiger partial charge on any atom is 0.230 e. The first kappa shape index (κ1) is 65.8. The molecule has 131 heavy (non-hydrogen) atoms. The number of thiophene rings is 5. The molecule has 0 aliphatic rings. The second-order valence-corrected chi connectivity index (χ2v) is 39.3. The van der Waals surface area contributed by atoms with Gasteiger partial charge in [-0.2, -0.15) is 9.13 Å². The van der Waals surface area contributed by atoms with Crippen LogP contribution in [0.5, 0.6) is 0 Å². The molecule has 0 saturated carbocycles. The number of pyridine rings is 7. The lowest BCUT2D eigenvalue weighted by molar-refractivity contribution is -0.659. The zero-order valence-electron chi connectivity index (χ0n) is 91.7. The molecule has 0 radical (unpaired) electrons. The van der Waals surface area contributed by atoms with E-state index in [0.29, 0.717) is 33.2 Å². The van der Waals surface area contributed by atoms with Gasteiger partial charge in [0.2, 0.25) is 28.5 Å². The van der Waals surface area contributed by atoms with E-state index < -0.39 is 41.1 Å². The molecule has 0 saturated heterocycles. The van der Waals surface area contributed by atoms with Crippen LogP contribution in [-0.4, -0.2) is 9.97 Å². The lowest BCUT2D eigenvalue weighted by Gasteiger charge is -2.09. The second-order valence-electron chi connectivity index (χ2n) is 33.9. The summed E-state index contributed by atoms with van der Waals surface area (Å²) >= 11 is 8.50. The summed E-state index contributed by atoms with van der Waals surface area (Å²) in [6.07, 6.45) is 13.3. The Morgan fingerprint density at radius 2 is 0.656 bits per heavy atom. The van der Waals surface area contributed by atoms with Crippen molar-refractivity contribution >= 4 is 212 Å². The van der Waals surface area contributed by atoms with Gasteiger partial charge in [-0.15, -0.1) is 56.7 Å². The minimum absolute atomic E-state index is 0.287. The first-order valence-electron chi connectivity index (χ1n) is 52.3. The molecule has 0 aliphatic heterocycles. The number of benzene rings is 13. The van der Waals surface area contributed by atoms with Gasteiger partial charge in [-0.05, 0) is 221 Å². The molecule has 0 unspecified atom stereocenters. The Morgan fingerprint density at radius 3 is 1.27 bits per heavy atom. The smallest absolute Gasteiger partial charge is 0.230 e. The van der Waals surface area contributed by atoms with Gasteiger partial charge < -0.3 is 0 Å². The highest BCUT2D eigenvalue weighted by atomic mass is 32.1. The Balaban J connectivity index is 0.000000109. The topological polar surface area (TPSA) is 45.2 Å². The van der Waals surface area contributed by atoms with Gasteiger partial charge in [-0.3, -0.25) is 9.97 Å². The van der Waals surface area contributed by atoms with E-state index in [1.54, 1.807) is 101 Å². The second kappa shape index (κ2) is 34.0. The summed E-state index contributed by atoms with van der Waals surface area (Å²) in [6.45, 7) is -3.16. The van der Waals surface area contributed by atoms with E-state index in [-0.39, 0.29) is 5.56 Å². The van der Waals surface area contributed by atoms with Crippen LogP contribution >= 0.6 is 56.7 Å². The summed E-state index contributed by atoms with van der Waals surface area (Å²) in [7, 11) is 9.93. The van der Waals surface area contributed by atoms with Gasteiger partial charge in [-0.1, -0.05) is 192 Å². The number of hydrogen-bond donors (Lipinski definition) is 0. The molecule has 0 spiro atoms. The number of nitrogens with zero attached hydrogens (tertiary/aromatic N) is 7. The van der Waals surface area contributed by atoms with Crippen LogP contribution in [0.15, 0.2) is 316 Å². The molecular weight excluding hydrogens is 1690 g/mol. The highest BCUT2D eigenvalue weighted by Gasteiger charge is 2.30. The number of rotatable bonds is 5. The Labute approximate surface area is 808 Å². The lowest BCUT2D eigenvalue weighted by atomic mass is 9.96. The molecule has 13 aromatic carbocycles. The van der Waals surface area contributed by atoms with E-state index in [9.17, 15) is 0 Å². The van der Waals surface area contributed by atoms with Gasteiger partial charge in [-0.25, -0.2) is 13.7 Å². The normalized spacial score (nSPS) is 14.3. The van der Waals surface area contributed by atoms with Crippen LogP contribution in [0.25, 0.3) is 211 Å². The third-order valence-electron chi connectivity index (χ3n) is 25.4. The quantitative estimate of drug-likeness (QED) is 0.161. The van der Waals surface area contributed by atoms with E-state index in [0.717, 1.165) is 135 Å². The largest absolute Gasteiger partial charge is 0.256 e. The lowest BCUT2D eigenvalue weighted by Crippen LogP contribution is -2.31. The van der Waals surface area contributed by atoms with Crippen LogP contribution in [0.2, 0.25) is 0 Å². The average Bonchev–Trinajstić information content (AvgIpc) is 1.57. The summed E-state index contributed by atoms with van der Waals surface area (Å²) < 4.78 is 163. The van der Waals surface area contributed by atoms with Crippen molar-refractivity contribution in [3.05, 3.63) is 378 Å². The summed E-state index contributed by atoms with van der Waals surface area (Å²) in [5.41, 5.74) is 19.2. The minimum atomic E-state index is -2.30. The third kappa shape index (κ3) is 14.9. The molecule has 7 nitrogen and oxygen atoms in total. The molecular formula is C119H100N7S5+5. The van der Waals surface area contributed by atoms with Crippen LogP contribution in [-0.2, 0) is 35.2 Å². The molecule has 25 aromatic rings. The van der Waals surface area contributed by atoms with E-state index in [2.05, 4.69) is 221 Å². The van der Waals surface area contributed by atoms with Crippen LogP contribution in [0.4, 0.5) is 0 Å². The van der Waals surface area contributed by atoms with Crippen molar-refractivity contribution in [3.63, 3.8) is 0 Å². The van der Waals surface area contributed by atoms with Crippen LogP contribution in [0.1, 0.15) is 85.9 Å². The van der Waals surface area contributed by atoms with Crippen molar-refractivity contribution in [3.8, 4) is 56.3 Å². The molecule has 0 fully saturated rings. The van der Waals surface area contributed by atoms with Crippen LogP contribution in [0.3, 0.4) is 0 Å². The Hall–Kier alpha value is -13.7. The summed E-state index contributed by atoms with van der Waals surface area (Å²) in [4.78, 5) is 9.11. The predicted molar refractivity (Wildman–Crippen MR) is 565 cm³/mol. The first-order valence-corrected chi connectivity index (χ1v) is 47.4. The number of hydrogen-bond acceptors (Lipinski definition) is 7. The number of fused-ring (bicyclic) bond motifs is 24. The Bertz CT molecular complexity index is 9790. The standard InChI is InChI=1S/C25H22NS.C24H21N2S.C24H20NS.C23H19N2S.C23H18NS/c1-15-9-11-19(16(2)13-15)24-23-22-20-8-6-5-7-18(20)10-12-21(22)27-25(23)17(3)14-26(24)4;1-14-7-8-17(15(2)12-14)23-24-21(16(3)13-26(23)4)22-18-6-5-11-25-19(18)9-10-20(22)27-24;1-15-8-10-18(16(2)14-15)24-23-21(12-13-25(24)3)26-20-11-9-17-6-4-5-7-19(17)22(20)23;1-14-6-8-17(15(2)13-14)22-23-18(10-12-25(22)3)20-19(26-23)9-7-16-5-4-11-24-21(16)20;1-15-7-3-6-10-18(15)23-22-19-13-16-8-4-5-9-17(16)14-21(19)25-20(22)11-12-24(23)2/h5-14H,1-4H3;5-13H,1-4H3;4-14H,1-3H3;4-13H,1-3H3;3-14H,1-2H3/q5*+1/i2*1D3,3D3;2*1D3;. The SMILES string of the molecule is Cc1ccccc1-c1c2c(cc[n+]1C)sc1cc3ccccc3cc12.[2H]C([2H])([2H])c1ccc(-c2c3c(cc[n+]2C)sc2ccc4ccccc4c23)c(C)c1.[2H]C([2H])([2H])c1ccc(-c2c3c(sc4ccc5ccccc5c43)c(C([2H])([2H])[2H])c[n+]2C)c(C)c1.[2H]C([2H])([2H])c1ccc(-c2c3sc4ccc5cccnc5c4c3cc[n+]2C)c(C)c1.[2H]C([2H])([2H])c1ccc(-c2c3sc4ccc5ncccc5c4c3c(C([2H])([2H])[2H])c[n+]2C)c(C)c1. The van der Waals surface area contributed by atoms with Crippen molar-refractivity contribution in [2.24, 2.45) is 35.2 Å². The zero-order valence-corrected chi connectivity index (χ0v) is 77.8. The monoisotopic (exact) mass is 1800 g/mol. The average molecular weight is 1810 g/mol. The minimum Gasteiger partial charge on any atom is -0.256 e. The molecule has 0 N–H and O–H groups in total. The van der Waals surface area contributed by atoms with Crippen molar-refractivity contribution in [2.45, 2.75) is 75.7 Å². The number of aryl methyl sites for hydroxylation is 16. The molecule has 12 heterocycles. The van der Waals surface area contributed by atoms with Crippen molar-refractivity contribution in [2.75, 3.05) is 0 Å². The van der Waals surface area contributed by atoms with E-state index in [4.69, 9.17) is 24.7 Å². The third-order valence-corrected chi connectivity index (χ3v) is 31.2. The van der Waals surface area contributed by atoms with Crippen molar-refractivity contribution in [1.82, 2.24) is 9.97 Å². The summed E-state index contributed by atoms with van der Waals surface area (Å²) in [6, 6.07) is 91.1. The van der Waals surface area contributed by atoms with Gasteiger partial charge >= 0.3 is 0 Å². The summed E-state index contributed by atoms with van der Waals surface area (Å²) in [5.74, 6) is 0. The Kier molecular flexibility index (Phi) is 17.1. The van der Waals surface area contributed by atoms with Gasteiger partial charge in [0, 0.05) is 164 Å². The molecule has 12 heteroatoms. The highest BCUT2D eigenvalue weighted by Crippen LogP contribution is 2.49.